The van der Waals surface area contributed by atoms with Crippen molar-refractivity contribution in [3.05, 3.63) is 35.6 Å². The van der Waals surface area contributed by atoms with Crippen molar-refractivity contribution in [1.29, 1.82) is 0 Å². The van der Waals surface area contributed by atoms with Crippen LogP contribution in [0.15, 0.2) is 24.3 Å². The van der Waals surface area contributed by atoms with Gasteiger partial charge in [-0.2, -0.15) is 0 Å². The topological polar surface area (TPSA) is 95.9 Å². The normalized spacial score (nSPS) is 14.0. The van der Waals surface area contributed by atoms with Gasteiger partial charge in [-0.25, -0.2) is 9.18 Å². The first-order valence-electron chi connectivity index (χ1n) is 7.68. The highest BCUT2D eigenvalue weighted by molar-refractivity contribution is 5.83. The maximum absolute atomic E-state index is 13.1. The van der Waals surface area contributed by atoms with Gasteiger partial charge in [-0.15, -0.1) is 0 Å². The second kappa shape index (κ2) is 8.75. The lowest BCUT2D eigenvalue weighted by molar-refractivity contribution is -0.143. The summed E-state index contributed by atoms with van der Waals surface area (Å²) in [6.07, 6.45) is -1.46. The standard InChI is InChI=1S/C17H24FNO5/c1-17(2,3)24-8-7-13(16(22)23)19-15(21)10-14(20)11-5-4-6-12(18)9-11/h4-6,9,13-14,20H,7-8,10H2,1-3H3,(H,19,21)(H,22,23). The van der Waals surface area contributed by atoms with Crippen LogP contribution in [0.3, 0.4) is 0 Å². The summed E-state index contributed by atoms with van der Waals surface area (Å²) in [5, 5.41) is 21.5. The molecule has 0 aliphatic rings. The minimum absolute atomic E-state index is 0.106. The van der Waals surface area contributed by atoms with E-state index in [-0.39, 0.29) is 25.0 Å². The number of carbonyl (C=O) groups is 2. The number of aliphatic carboxylic acids is 1. The molecule has 3 N–H and O–H groups in total. The number of hydrogen-bond acceptors (Lipinski definition) is 4. The van der Waals surface area contributed by atoms with Gasteiger partial charge >= 0.3 is 5.97 Å². The monoisotopic (exact) mass is 341 g/mol. The van der Waals surface area contributed by atoms with Crippen molar-refractivity contribution in [1.82, 2.24) is 5.32 Å². The van der Waals surface area contributed by atoms with Crippen LogP contribution in [0.25, 0.3) is 0 Å². The Bertz CT molecular complexity index is 570. The van der Waals surface area contributed by atoms with E-state index in [1.54, 1.807) is 0 Å². The summed E-state index contributed by atoms with van der Waals surface area (Å²) in [4.78, 5) is 23.1. The number of halogens is 1. The van der Waals surface area contributed by atoms with Crippen LogP contribution in [0.1, 0.15) is 45.3 Å². The average Bonchev–Trinajstić information content (AvgIpc) is 2.44. The number of aliphatic hydroxyl groups excluding tert-OH is 1. The quantitative estimate of drug-likeness (QED) is 0.672. The molecule has 24 heavy (non-hydrogen) atoms. The highest BCUT2D eigenvalue weighted by atomic mass is 19.1. The number of carboxylic acid groups (broad SMARTS) is 1. The van der Waals surface area contributed by atoms with Gasteiger partial charge in [0.05, 0.1) is 18.1 Å². The van der Waals surface area contributed by atoms with E-state index in [9.17, 15) is 19.1 Å². The average molecular weight is 341 g/mol. The van der Waals surface area contributed by atoms with E-state index in [2.05, 4.69) is 5.32 Å². The lowest BCUT2D eigenvalue weighted by Crippen LogP contribution is -2.42. The van der Waals surface area contributed by atoms with Gasteiger partial charge in [0.2, 0.25) is 5.91 Å². The Morgan fingerprint density at radius 3 is 2.54 bits per heavy atom. The number of nitrogens with one attached hydrogen (secondary N) is 1. The first-order chi connectivity index (χ1) is 11.1. The number of carboxylic acids is 1. The van der Waals surface area contributed by atoms with Gasteiger partial charge in [-0.1, -0.05) is 12.1 Å². The van der Waals surface area contributed by atoms with Crippen LogP contribution in [0.2, 0.25) is 0 Å². The lowest BCUT2D eigenvalue weighted by Gasteiger charge is -2.21. The van der Waals surface area contributed by atoms with Crippen LogP contribution in [0.5, 0.6) is 0 Å². The molecule has 1 amide bonds. The molecule has 1 aromatic carbocycles. The summed E-state index contributed by atoms with van der Waals surface area (Å²) in [6, 6.07) is 4.16. The Labute approximate surface area is 140 Å². The second-order valence-electron chi connectivity index (χ2n) is 6.48. The predicted octanol–water partition coefficient (Wildman–Crippen LogP) is 2.02. The third kappa shape index (κ3) is 7.52. The summed E-state index contributed by atoms with van der Waals surface area (Å²) >= 11 is 0. The van der Waals surface area contributed by atoms with E-state index in [0.717, 1.165) is 6.07 Å². The molecule has 134 valence electrons. The Morgan fingerprint density at radius 2 is 2.00 bits per heavy atom. The molecule has 1 aromatic rings. The Hall–Kier alpha value is -1.99. The smallest absolute Gasteiger partial charge is 0.326 e. The molecule has 0 aliphatic heterocycles. The zero-order valence-corrected chi connectivity index (χ0v) is 14.1. The van der Waals surface area contributed by atoms with Crippen LogP contribution < -0.4 is 5.32 Å². The molecule has 0 fully saturated rings. The molecule has 7 heteroatoms. The first kappa shape index (κ1) is 20.1. The molecular weight excluding hydrogens is 317 g/mol. The summed E-state index contributed by atoms with van der Waals surface area (Å²) in [6.45, 7) is 5.71. The summed E-state index contributed by atoms with van der Waals surface area (Å²) in [7, 11) is 0. The summed E-state index contributed by atoms with van der Waals surface area (Å²) in [5.41, 5.74) is -0.145. The Kier molecular flexibility index (Phi) is 7.31. The number of ether oxygens (including phenoxy) is 1. The number of benzene rings is 1. The van der Waals surface area contributed by atoms with Crippen molar-refractivity contribution in [2.75, 3.05) is 6.61 Å². The lowest BCUT2D eigenvalue weighted by atomic mass is 10.1. The fraction of sp³-hybridized carbons (Fsp3) is 0.529. The third-order valence-electron chi connectivity index (χ3n) is 3.19. The fourth-order valence-corrected chi connectivity index (χ4v) is 2.00. The van der Waals surface area contributed by atoms with E-state index in [1.807, 2.05) is 20.8 Å². The van der Waals surface area contributed by atoms with Gasteiger partial charge in [0.15, 0.2) is 0 Å². The zero-order chi connectivity index (χ0) is 18.3. The van der Waals surface area contributed by atoms with Crippen LogP contribution in [0, 0.1) is 5.82 Å². The summed E-state index contributed by atoms with van der Waals surface area (Å²) in [5.74, 6) is -2.33. The van der Waals surface area contributed by atoms with E-state index >= 15 is 0 Å². The highest BCUT2D eigenvalue weighted by Crippen LogP contribution is 2.17. The minimum Gasteiger partial charge on any atom is -0.480 e. The molecule has 0 aliphatic carbocycles. The first-order valence-corrected chi connectivity index (χ1v) is 7.68. The van der Waals surface area contributed by atoms with Crippen LogP contribution in [0.4, 0.5) is 4.39 Å². The van der Waals surface area contributed by atoms with E-state index in [4.69, 9.17) is 9.84 Å². The van der Waals surface area contributed by atoms with Crippen molar-refractivity contribution in [3.8, 4) is 0 Å². The van der Waals surface area contributed by atoms with Crippen LogP contribution in [-0.4, -0.2) is 40.3 Å². The number of amides is 1. The zero-order valence-electron chi connectivity index (χ0n) is 14.1. The maximum atomic E-state index is 13.1. The molecule has 2 unspecified atom stereocenters. The van der Waals surface area contributed by atoms with Crippen molar-refractivity contribution in [2.24, 2.45) is 0 Å². The van der Waals surface area contributed by atoms with Gasteiger partial charge in [0, 0.05) is 13.0 Å². The van der Waals surface area contributed by atoms with Crippen molar-refractivity contribution >= 4 is 11.9 Å². The van der Waals surface area contributed by atoms with Crippen molar-refractivity contribution in [3.63, 3.8) is 0 Å². The van der Waals surface area contributed by atoms with Gasteiger partial charge < -0.3 is 20.3 Å². The van der Waals surface area contributed by atoms with Gasteiger partial charge in [0.25, 0.3) is 0 Å². The summed E-state index contributed by atoms with van der Waals surface area (Å²) < 4.78 is 18.6. The van der Waals surface area contributed by atoms with Gasteiger partial charge in [-0.3, -0.25) is 4.79 Å². The molecular formula is C17H24FNO5. The van der Waals surface area contributed by atoms with Crippen LogP contribution in [-0.2, 0) is 14.3 Å². The van der Waals surface area contributed by atoms with Crippen molar-refractivity contribution in [2.45, 2.75) is 51.4 Å². The van der Waals surface area contributed by atoms with E-state index < -0.39 is 35.4 Å². The largest absolute Gasteiger partial charge is 0.480 e. The van der Waals surface area contributed by atoms with E-state index in [1.165, 1.54) is 18.2 Å². The molecule has 0 saturated carbocycles. The van der Waals surface area contributed by atoms with Gasteiger partial charge in [0.1, 0.15) is 11.9 Å². The number of rotatable bonds is 8. The maximum Gasteiger partial charge on any atom is 0.326 e. The molecule has 0 saturated heterocycles. The molecule has 2 atom stereocenters. The Balaban J connectivity index is 2.54. The molecule has 0 heterocycles. The molecule has 0 spiro atoms. The minimum atomic E-state index is -1.21. The molecule has 6 nitrogen and oxygen atoms in total. The predicted molar refractivity (Wildman–Crippen MR) is 85.9 cm³/mol. The molecule has 0 radical (unpaired) electrons. The van der Waals surface area contributed by atoms with Crippen LogP contribution >= 0.6 is 0 Å². The SMILES string of the molecule is CC(C)(C)OCCC(NC(=O)CC(O)c1cccc(F)c1)C(=O)O. The van der Waals surface area contributed by atoms with Gasteiger partial charge in [-0.05, 0) is 38.5 Å². The van der Waals surface area contributed by atoms with Crippen molar-refractivity contribution < 1.29 is 28.9 Å². The Morgan fingerprint density at radius 1 is 1.33 bits per heavy atom. The second-order valence-corrected chi connectivity index (χ2v) is 6.48. The highest BCUT2D eigenvalue weighted by Gasteiger charge is 2.23. The fourth-order valence-electron chi connectivity index (χ4n) is 2.00. The number of aliphatic hydroxyl groups is 1. The molecule has 0 aromatic heterocycles. The third-order valence-corrected chi connectivity index (χ3v) is 3.19. The molecule has 1 rings (SSSR count). The number of carbonyl (C=O) groups excluding carboxylic acids is 1. The number of hydrogen-bond donors (Lipinski definition) is 3. The van der Waals surface area contributed by atoms with E-state index in [0.29, 0.717) is 0 Å². The molecule has 0 bridgehead atoms.